The highest BCUT2D eigenvalue weighted by molar-refractivity contribution is 6.20. The molecule has 4 heteroatoms. The van der Waals surface area contributed by atoms with Crippen molar-refractivity contribution in [1.82, 2.24) is 9.97 Å². The zero-order valence-corrected chi connectivity index (χ0v) is 19.1. The Morgan fingerprint density at radius 1 is 0.417 bits per heavy atom. The van der Waals surface area contributed by atoms with Crippen molar-refractivity contribution in [1.29, 1.82) is 0 Å². The van der Waals surface area contributed by atoms with Gasteiger partial charge in [0.15, 0.2) is 11.5 Å². The molecule has 168 valence electrons. The minimum absolute atomic E-state index is 0.777. The number of pyridine rings is 2. The molecule has 0 bridgehead atoms. The quantitative estimate of drug-likeness (QED) is 0.241. The molecule has 0 N–H and O–H groups in total. The molecule has 0 radical (unpaired) electrons. The van der Waals surface area contributed by atoms with Crippen LogP contribution in [0.5, 0.6) is 0 Å². The summed E-state index contributed by atoms with van der Waals surface area (Å²) in [4.78, 5) is 8.87. The smallest absolute Gasteiger partial charge is 0.153 e. The lowest BCUT2D eigenvalue weighted by molar-refractivity contribution is 0.629. The van der Waals surface area contributed by atoms with E-state index in [4.69, 9.17) is 8.83 Å². The van der Waals surface area contributed by atoms with Gasteiger partial charge in [0, 0.05) is 23.2 Å². The van der Waals surface area contributed by atoms with Crippen molar-refractivity contribution in [2.45, 2.75) is 0 Å². The van der Waals surface area contributed by atoms with Crippen LogP contribution in [-0.4, -0.2) is 9.97 Å². The van der Waals surface area contributed by atoms with Crippen molar-refractivity contribution in [2.75, 3.05) is 0 Å². The molecule has 4 heterocycles. The Labute approximate surface area is 205 Å². The zero-order valence-electron chi connectivity index (χ0n) is 19.1. The predicted octanol–water partition coefficient (Wildman–Crippen LogP) is 8.76. The summed E-state index contributed by atoms with van der Waals surface area (Å²) in [5.74, 6) is 1.55. The molecule has 4 nitrogen and oxygen atoms in total. The Bertz CT molecular complexity index is 1940. The molecule has 0 saturated heterocycles. The van der Waals surface area contributed by atoms with Gasteiger partial charge in [0.25, 0.3) is 0 Å². The fourth-order valence-electron chi connectivity index (χ4n) is 5.22. The third-order valence-corrected chi connectivity index (χ3v) is 6.94. The minimum Gasteiger partial charge on any atom is -0.454 e. The Kier molecular flexibility index (Phi) is 3.91. The van der Waals surface area contributed by atoms with Crippen LogP contribution in [0, 0.1) is 0 Å². The van der Waals surface area contributed by atoms with Crippen molar-refractivity contribution < 1.29 is 8.83 Å². The van der Waals surface area contributed by atoms with Gasteiger partial charge in [0.2, 0.25) is 0 Å². The average Bonchev–Trinajstić information content (AvgIpc) is 3.55. The molecule has 8 rings (SSSR count). The van der Waals surface area contributed by atoms with Gasteiger partial charge in [-0.3, -0.25) is 9.97 Å². The maximum Gasteiger partial charge on any atom is 0.153 e. The summed E-state index contributed by atoms with van der Waals surface area (Å²) in [6.45, 7) is 0. The monoisotopic (exact) mass is 462 g/mol. The van der Waals surface area contributed by atoms with Crippen LogP contribution in [0.15, 0.2) is 118 Å². The van der Waals surface area contributed by atoms with E-state index in [1.807, 2.05) is 36.4 Å². The average molecular weight is 463 g/mol. The molecule has 0 spiro atoms. The summed E-state index contributed by atoms with van der Waals surface area (Å²) < 4.78 is 12.4. The number of benzene rings is 4. The first-order chi connectivity index (χ1) is 17.8. The highest BCUT2D eigenvalue weighted by atomic mass is 16.3. The van der Waals surface area contributed by atoms with Gasteiger partial charge in [-0.15, -0.1) is 0 Å². The Morgan fingerprint density at radius 2 is 0.917 bits per heavy atom. The summed E-state index contributed by atoms with van der Waals surface area (Å²) in [5.41, 5.74) is 3.39. The van der Waals surface area contributed by atoms with Gasteiger partial charge >= 0.3 is 0 Å². The Balaban J connectivity index is 1.34. The maximum atomic E-state index is 6.22. The standard InChI is InChI=1S/C32H18N2O2/c1-3-11-33-27(5-1)31-15-21-13-19-7-9-24-23(25(19)17-29(21)35-31)10-8-20-14-22-16-32(28-6-2-4-12-34-28)36-30(22)18-26(20)24/h1-18H. The van der Waals surface area contributed by atoms with Crippen LogP contribution in [0.25, 0.3) is 77.2 Å². The van der Waals surface area contributed by atoms with Gasteiger partial charge in [-0.05, 0) is 93.0 Å². The molecule has 4 aromatic heterocycles. The lowest BCUT2D eigenvalue weighted by Gasteiger charge is -2.08. The number of fused-ring (bicyclic) bond motifs is 7. The van der Waals surface area contributed by atoms with E-state index in [1.54, 1.807) is 12.4 Å². The molecule has 0 atom stereocenters. The SMILES string of the molecule is c1ccc(-c2cc3cc4ccc5c6cc7oc(-c8ccccn8)cc7cc6ccc5c4cc3o2)nc1. The fourth-order valence-corrected chi connectivity index (χ4v) is 5.22. The van der Waals surface area contributed by atoms with Crippen LogP contribution in [0.3, 0.4) is 0 Å². The summed E-state index contributed by atoms with van der Waals surface area (Å²) >= 11 is 0. The normalized spacial score (nSPS) is 11.9. The van der Waals surface area contributed by atoms with Crippen LogP contribution >= 0.6 is 0 Å². The molecule has 4 aromatic carbocycles. The largest absolute Gasteiger partial charge is 0.454 e. The van der Waals surface area contributed by atoms with Gasteiger partial charge in [-0.25, -0.2) is 0 Å². The number of nitrogens with zero attached hydrogens (tertiary/aromatic N) is 2. The summed E-state index contributed by atoms with van der Waals surface area (Å²) in [5, 5.41) is 9.21. The molecule has 0 fully saturated rings. The molecule has 0 aliphatic rings. The first-order valence-corrected chi connectivity index (χ1v) is 11.9. The van der Waals surface area contributed by atoms with E-state index in [1.165, 1.54) is 21.5 Å². The molecular formula is C32H18N2O2. The molecular weight excluding hydrogens is 444 g/mol. The van der Waals surface area contributed by atoms with Crippen molar-refractivity contribution in [3.63, 3.8) is 0 Å². The van der Waals surface area contributed by atoms with E-state index in [2.05, 4.69) is 70.6 Å². The molecule has 0 aliphatic heterocycles. The molecule has 8 aromatic rings. The van der Waals surface area contributed by atoms with Gasteiger partial charge in [-0.2, -0.15) is 0 Å². The number of aromatic nitrogens is 2. The fraction of sp³-hybridized carbons (Fsp3) is 0. The lowest BCUT2D eigenvalue weighted by atomic mass is 9.96. The van der Waals surface area contributed by atoms with Gasteiger partial charge in [0.05, 0.1) is 0 Å². The van der Waals surface area contributed by atoms with E-state index in [9.17, 15) is 0 Å². The molecule has 0 unspecified atom stereocenters. The summed E-state index contributed by atoms with van der Waals surface area (Å²) in [6.07, 6.45) is 3.57. The Morgan fingerprint density at radius 3 is 1.36 bits per heavy atom. The van der Waals surface area contributed by atoms with E-state index in [-0.39, 0.29) is 0 Å². The van der Waals surface area contributed by atoms with E-state index in [0.29, 0.717) is 0 Å². The number of furan rings is 2. The number of hydrogen-bond acceptors (Lipinski definition) is 4. The highest BCUT2D eigenvalue weighted by Gasteiger charge is 2.13. The van der Waals surface area contributed by atoms with Gasteiger partial charge < -0.3 is 8.83 Å². The topological polar surface area (TPSA) is 52.1 Å². The minimum atomic E-state index is 0.777. The second-order valence-corrected chi connectivity index (χ2v) is 9.10. The van der Waals surface area contributed by atoms with Gasteiger partial charge in [-0.1, -0.05) is 36.4 Å². The van der Waals surface area contributed by atoms with Crippen LogP contribution in [0.1, 0.15) is 0 Å². The van der Waals surface area contributed by atoms with E-state index in [0.717, 1.165) is 55.6 Å². The van der Waals surface area contributed by atoms with Crippen molar-refractivity contribution in [3.05, 3.63) is 109 Å². The van der Waals surface area contributed by atoms with Crippen LogP contribution in [0.4, 0.5) is 0 Å². The Hall–Kier alpha value is -4.96. The lowest BCUT2D eigenvalue weighted by Crippen LogP contribution is -1.81. The van der Waals surface area contributed by atoms with Crippen molar-refractivity contribution >= 4 is 54.3 Å². The zero-order chi connectivity index (χ0) is 23.6. The van der Waals surface area contributed by atoms with Gasteiger partial charge in [0.1, 0.15) is 22.6 Å². The third-order valence-electron chi connectivity index (χ3n) is 6.94. The van der Waals surface area contributed by atoms with Crippen molar-refractivity contribution in [3.8, 4) is 22.9 Å². The summed E-state index contributed by atoms with van der Waals surface area (Å²) in [7, 11) is 0. The molecule has 36 heavy (non-hydrogen) atoms. The second-order valence-electron chi connectivity index (χ2n) is 9.10. The first kappa shape index (κ1) is 19.4. The summed E-state index contributed by atoms with van der Waals surface area (Å²) in [6, 6.07) is 33.3. The van der Waals surface area contributed by atoms with Crippen LogP contribution in [-0.2, 0) is 0 Å². The predicted molar refractivity (Wildman–Crippen MR) is 145 cm³/mol. The van der Waals surface area contributed by atoms with Crippen LogP contribution < -0.4 is 0 Å². The van der Waals surface area contributed by atoms with E-state index < -0.39 is 0 Å². The highest BCUT2D eigenvalue weighted by Crippen LogP contribution is 2.38. The van der Waals surface area contributed by atoms with E-state index >= 15 is 0 Å². The maximum absolute atomic E-state index is 6.22. The first-order valence-electron chi connectivity index (χ1n) is 11.9. The third kappa shape index (κ3) is 2.88. The van der Waals surface area contributed by atoms with Crippen molar-refractivity contribution in [2.24, 2.45) is 0 Å². The second kappa shape index (κ2) is 7.27. The number of rotatable bonds is 2. The number of hydrogen-bond donors (Lipinski definition) is 0. The molecule has 0 amide bonds. The molecule has 0 aliphatic carbocycles. The molecule has 0 saturated carbocycles. The van der Waals surface area contributed by atoms with Crippen LogP contribution in [0.2, 0.25) is 0 Å².